The Labute approximate surface area is 80.5 Å². The smallest absolute Gasteiger partial charge is 0.336 e. The zero-order valence-corrected chi connectivity index (χ0v) is 8.30. The van der Waals surface area contributed by atoms with Gasteiger partial charge in [0.25, 0.3) is 0 Å². The number of carboxylic acid groups (broad SMARTS) is 1. The average Bonchev–Trinajstić information content (AvgIpc) is 2.03. The third-order valence-corrected chi connectivity index (χ3v) is 2.20. The molecule has 0 aromatic carbocycles. The van der Waals surface area contributed by atoms with Gasteiger partial charge >= 0.3 is 5.97 Å². The lowest BCUT2D eigenvalue weighted by molar-refractivity contribution is -0.140. The Hall–Kier alpha value is -0.750. The number of carbonyl (C=O) groups is 2. The van der Waals surface area contributed by atoms with Crippen LogP contribution < -0.4 is 5.32 Å². The topological polar surface area (TPSA) is 86.6 Å². The van der Waals surface area contributed by atoms with E-state index in [0.717, 1.165) is 11.8 Å². The Morgan fingerprint density at radius 1 is 1.54 bits per heavy atom. The number of nitrogens with one attached hydrogen (secondary N) is 1. The molecule has 0 aromatic rings. The van der Waals surface area contributed by atoms with E-state index >= 15 is 0 Å². The van der Waals surface area contributed by atoms with E-state index in [0.29, 0.717) is 5.75 Å². The van der Waals surface area contributed by atoms with Gasteiger partial charge in [0.15, 0.2) is 5.37 Å². The molecular weight excluding hydrogens is 194 g/mol. The van der Waals surface area contributed by atoms with Crippen LogP contribution in [0.2, 0.25) is 0 Å². The van der Waals surface area contributed by atoms with Gasteiger partial charge in [0.1, 0.15) is 6.10 Å². The van der Waals surface area contributed by atoms with Gasteiger partial charge in [0.05, 0.1) is 0 Å². The number of aliphatic hydroxyl groups is 1. The molecule has 0 bridgehead atoms. The van der Waals surface area contributed by atoms with Crippen molar-refractivity contribution >= 4 is 23.6 Å². The molecule has 0 radical (unpaired) electrons. The largest absolute Gasteiger partial charge is 0.479 e. The molecule has 6 heteroatoms. The Bertz CT molecular complexity index is 195. The van der Waals surface area contributed by atoms with Crippen molar-refractivity contribution in [1.82, 2.24) is 5.32 Å². The molecule has 1 amide bonds. The molecule has 13 heavy (non-hydrogen) atoms. The predicted octanol–water partition coefficient (Wildman–Crippen LogP) is -0.353. The van der Waals surface area contributed by atoms with E-state index in [2.05, 4.69) is 5.32 Å². The molecule has 0 aliphatic rings. The van der Waals surface area contributed by atoms with Crippen molar-refractivity contribution in [2.75, 3.05) is 5.75 Å². The lowest BCUT2D eigenvalue weighted by atomic mass is 10.4. The van der Waals surface area contributed by atoms with Gasteiger partial charge in [0, 0.05) is 0 Å². The van der Waals surface area contributed by atoms with Crippen LogP contribution in [0.5, 0.6) is 0 Å². The van der Waals surface area contributed by atoms with Crippen LogP contribution in [0.25, 0.3) is 0 Å². The van der Waals surface area contributed by atoms with E-state index in [1.807, 2.05) is 0 Å². The van der Waals surface area contributed by atoms with Crippen molar-refractivity contribution in [3.8, 4) is 0 Å². The van der Waals surface area contributed by atoms with E-state index in [1.54, 1.807) is 6.92 Å². The second kappa shape index (κ2) is 5.82. The van der Waals surface area contributed by atoms with Crippen LogP contribution in [0.3, 0.4) is 0 Å². The fourth-order valence-electron chi connectivity index (χ4n) is 0.591. The van der Waals surface area contributed by atoms with E-state index in [1.165, 1.54) is 6.92 Å². The number of carbonyl (C=O) groups excluding carboxylic acids is 1. The number of thioether (sulfide) groups is 1. The highest BCUT2D eigenvalue weighted by molar-refractivity contribution is 8.00. The molecule has 5 nitrogen and oxygen atoms in total. The first-order chi connectivity index (χ1) is 5.99. The van der Waals surface area contributed by atoms with Gasteiger partial charge in [-0.2, -0.15) is 0 Å². The van der Waals surface area contributed by atoms with Crippen LogP contribution in [-0.2, 0) is 9.59 Å². The minimum Gasteiger partial charge on any atom is -0.479 e. The molecule has 0 saturated carbocycles. The summed E-state index contributed by atoms with van der Waals surface area (Å²) in [6, 6.07) is 0. The van der Waals surface area contributed by atoms with Crippen molar-refractivity contribution in [3.63, 3.8) is 0 Å². The molecule has 2 unspecified atom stereocenters. The van der Waals surface area contributed by atoms with Crippen molar-refractivity contribution in [3.05, 3.63) is 0 Å². The maximum atomic E-state index is 10.9. The summed E-state index contributed by atoms with van der Waals surface area (Å²) in [4.78, 5) is 21.4. The van der Waals surface area contributed by atoms with E-state index in [4.69, 9.17) is 10.2 Å². The number of aliphatic hydroxyl groups excluding tert-OH is 1. The summed E-state index contributed by atoms with van der Waals surface area (Å²) >= 11 is 1.09. The summed E-state index contributed by atoms with van der Waals surface area (Å²) < 4.78 is 0. The summed E-state index contributed by atoms with van der Waals surface area (Å²) in [5, 5.41) is 18.6. The number of hydrogen-bond donors (Lipinski definition) is 3. The first-order valence-corrected chi connectivity index (χ1v) is 4.86. The molecule has 76 valence electrons. The van der Waals surface area contributed by atoms with Gasteiger partial charge in [-0.3, -0.25) is 4.79 Å². The monoisotopic (exact) mass is 207 g/mol. The van der Waals surface area contributed by atoms with Crippen molar-refractivity contribution in [1.29, 1.82) is 0 Å². The Morgan fingerprint density at radius 2 is 2.08 bits per heavy atom. The highest BCUT2D eigenvalue weighted by atomic mass is 32.2. The summed E-state index contributed by atoms with van der Waals surface area (Å²) in [7, 11) is 0. The summed E-state index contributed by atoms with van der Waals surface area (Å²) in [5.41, 5.74) is 0. The fraction of sp³-hybridized carbons (Fsp3) is 0.714. The predicted molar refractivity (Wildman–Crippen MR) is 49.4 cm³/mol. The Balaban J connectivity index is 4.10. The number of aliphatic carboxylic acids is 1. The molecule has 0 rings (SSSR count). The third-order valence-electron chi connectivity index (χ3n) is 1.21. The molecule has 3 N–H and O–H groups in total. The van der Waals surface area contributed by atoms with E-state index in [9.17, 15) is 9.59 Å². The lowest BCUT2D eigenvalue weighted by Gasteiger charge is -2.13. The highest BCUT2D eigenvalue weighted by Crippen LogP contribution is 2.07. The van der Waals surface area contributed by atoms with Gasteiger partial charge in [-0.15, -0.1) is 11.8 Å². The molecule has 0 aliphatic heterocycles. The fourth-order valence-corrected chi connectivity index (χ4v) is 1.27. The van der Waals surface area contributed by atoms with Crippen LogP contribution in [-0.4, -0.2) is 39.3 Å². The van der Waals surface area contributed by atoms with Crippen LogP contribution in [0.4, 0.5) is 0 Å². The van der Waals surface area contributed by atoms with E-state index < -0.39 is 23.4 Å². The highest BCUT2D eigenvalue weighted by Gasteiger charge is 2.21. The normalized spacial score (nSPS) is 14.7. The summed E-state index contributed by atoms with van der Waals surface area (Å²) in [6.45, 7) is 3.07. The van der Waals surface area contributed by atoms with Crippen LogP contribution >= 0.6 is 11.8 Å². The minimum atomic E-state index is -1.18. The number of amides is 1. The van der Waals surface area contributed by atoms with Crippen LogP contribution in [0.1, 0.15) is 13.8 Å². The van der Waals surface area contributed by atoms with Crippen LogP contribution in [0.15, 0.2) is 0 Å². The number of hydrogen-bond acceptors (Lipinski definition) is 4. The summed E-state index contributed by atoms with van der Waals surface area (Å²) in [5.74, 6) is -1.20. The average molecular weight is 207 g/mol. The maximum absolute atomic E-state index is 10.9. The SMILES string of the molecule is CCSC(NC(=O)C(C)O)C(=O)O. The van der Waals surface area contributed by atoms with Gasteiger partial charge in [-0.1, -0.05) is 6.92 Å². The minimum absolute atomic E-state index is 0.580. The molecule has 0 fully saturated rings. The van der Waals surface area contributed by atoms with Gasteiger partial charge in [-0.25, -0.2) is 4.79 Å². The molecule has 0 saturated heterocycles. The zero-order chi connectivity index (χ0) is 10.4. The second-order valence-corrected chi connectivity index (χ2v) is 3.74. The molecule has 0 aliphatic carbocycles. The first kappa shape index (κ1) is 12.2. The van der Waals surface area contributed by atoms with Gasteiger partial charge in [-0.05, 0) is 12.7 Å². The van der Waals surface area contributed by atoms with Crippen LogP contribution in [0, 0.1) is 0 Å². The second-order valence-electron chi connectivity index (χ2n) is 2.36. The molecule has 2 atom stereocenters. The number of carboxylic acids is 1. The standard InChI is InChI=1S/C7H13NO4S/c1-3-13-6(7(11)12)8-5(10)4(2)9/h4,6,9H,3H2,1-2H3,(H,8,10)(H,11,12). The Morgan fingerprint density at radius 3 is 2.38 bits per heavy atom. The molecule has 0 aromatic heterocycles. The van der Waals surface area contributed by atoms with Gasteiger partial charge in [0.2, 0.25) is 5.91 Å². The summed E-state index contributed by atoms with van der Waals surface area (Å²) in [6.07, 6.45) is -1.18. The zero-order valence-electron chi connectivity index (χ0n) is 7.48. The quantitative estimate of drug-likeness (QED) is 0.536. The Kier molecular flexibility index (Phi) is 5.48. The van der Waals surface area contributed by atoms with E-state index in [-0.39, 0.29) is 0 Å². The maximum Gasteiger partial charge on any atom is 0.336 e. The molecule has 0 spiro atoms. The third kappa shape index (κ3) is 4.74. The van der Waals surface area contributed by atoms with Crippen molar-refractivity contribution in [2.24, 2.45) is 0 Å². The first-order valence-electron chi connectivity index (χ1n) is 3.81. The van der Waals surface area contributed by atoms with Gasteiger partial charge < -0.3 is 15.5 Å². The lowest BCUT2D eigenvalue weighted by Crippen LogP contribution is -2.42. The molecular formula is C7H13NO4S. The van der Waals surface area contributed by atoms with Crippen molar-refractivity contribution < 1.29 is 19.8 Å². The molecule has 0 heterocycles. The number of rotatable bonds is 5. The van der Waals surface area contributed by atoms with Crippen molar-refractivity contribution in [2.45, 2.75) is 25.3 Å².